The quantitative estimate of drug-likeness (QED) is 0.441. The van der Waals surface area contributed by atoms with Crippen molar-refractivity contribution in [3.05, 3.63) is 69.5 Å². The van der Waals surface area contributed by atoms with E-state index in [2.05, 4.69) is 31.7 Å². The highest BCUT2D eigenvalue weighted by Gasteiger charge is 2.12. The monoisotopic (exact) mass is 482 g/mol. The van der Waals surface area contributed by atoms with E-state index < -0.39 is 0 Å². The van der Waals surface area contributed by atoms with Crippen LogP contribution in [0.5, 0.6) is 5.75 Å². The fraction of sp³-hybridized carbons (Fsp3) is 0.158. The normalized spacial score (nSPS) is 10.6. The number of nitrogens with one attached hydrogen (secondary N) is 2. The Labute approximate surface area is 181 Å². The van der Waals surface area contributed by atoms with Crippen LogP contribution in [0, 0.1) is 5.82 Å². The molecule has 146 valence electrons. The van der Waals surface area contributed by atoms with Gasteiger partial charge in [-0.3, -0.25) is 4.68 Å². The summed E-state index contributed by atoms with van der Waals surface area (Å²) >= 11 is 14.9. The molecule has 1 heterocycles. The van der Waals surface area contributed by atoms with Gasteiger partial charge in [0.1, 0.15) is 11.6 Å². The minimum absolute atomic E-state index is 0.199. The van der Waals surface area contributed by atoms with Crippen LogP contribution in [0.3, 0.4) is 0 Å². The SMILES string of the molecule is CCOc1ccc(NC(=S)Nc2nn(Cc3c(F)cccc3Cl)cc2Br)cc1. The number of ether oxygens (including phenoxy) is 1. The summed E-state index contributed by atoms with van der Waals surface area (Å²) in [6, 6.07) is 12.0. The van der Waals surface area contributed by atoms with E-state index in [0.717, 1.165) is 11.4 Å². The van der Waals surface area contributed by atoms with Crippen molar-refractivity contribution in [3.63, 3.8) is 0 Å². The Morgan fingerprint density at radius 3 is 2.68 bits per heavy atom. The molecule has 0 amide bonds. The van der Waals surface area contributed by atoms with Crippen LogP contribution in [0.4, 0.5) is 15.9 Å². The second-order valence-electron chi connectivity index (χ2n) is 5.76. The van der Waals surface area contributed by atoms with E-state index in [9.17, 15) is 4.39 Å². The zero-order valence-electron chi connectivity index (χ0n) is 14.9. The minimum atomic E-state index is -0.374. The Bertz CT molecular complexity index is 960. The summed E-state index contributed by atoms with van der Waals surface area (Å²) in [6.07, 6.45) is 1.73. The van der Waals surface area contributed by atoms with Crippen LogP contribution in [-0.4, -0.2) is 21.5 Å². The lowest BCUT2D eigenvalue weighted by atomic mass is 10.2. The predicted octanol–water partition coefficient (Wildman–Crippen LogP) is 5.69. The van der Waals surface area contributed by atoms with E-state index in [1.54, 1.807) is 23.0 Å². The molecule has 0 aliphatic heterocycles. The van der Waals surface area contributed by atoms with Gasteiger partial charge in [0.25, 0.3) is 0 Å². The molecule has 5 nitrogen and oxygen atoms in total. The molecule has 1 aromatic heterocycles. The average Bonchev–Trinajstić information content (AvgIpc) is 2.99. The van der Waals surface area contributed by atoms with Crippen LogP contribution in [-0.2, 0) is 6.54 Å². The summed E-state index contributed by atoms with van der Waals surface area (Å²) in [4.78, 5) is 0. The number of hydrogen-bond acceptors (Lipinski definition) is 3. The van der Waals surface area contributed by atoms with E-state index in [1.165, 1.54) is 6.07 Å². The molecule has 2 aromatic carbocycles. The predicted molar refractivity (Wildman–Crippen MR) is 118 cm³/mol. The Hall–Kier alpha value is -2.16. The number of aromatic nitrogens is 2. The molecule has 28 heavy (non-hydrogen) atoms. The van der Waals surface area contributed by atoms with Crippen molar-refractivity contribution < 1.29 is 9.13 Å². The molecule has 0 saturated carbocycles. The zero-order valence-corrected chi connectivity index (χ0v) is 18.0. The first-order chi connectivity index (χ1) is 13.5. The van der Waals surface area contributed by atoms with Gasteiger partial charge in [-0.05, 0) is 71.5 Å². The van der Waals surface area contributed by atoms with Gasteiger partial charge >= 0.3 is 0 Å². The van der Waals surface area contributed by atoms with E-state index in [-0.39, 0.29) is 12.4 Å². The third-order valence-electron chi connectivity index (χ3n) is 3.75. The van der Waals surface area contributed by atoms with Crippen molar-refractivity contribution in [2.24, 2.45) is 0 Å². The molecular formula is C19H17BrClFN4OS. The summed E-state index contributed by atoms with van der Waals surface area (Å²) in [5.41, 5.74) is 1.19. The van der Waals surface area contributed by atoms with Crippen LogP contribution in [0.1, 0.15) is 12.5 Å². The molecule has 3 aromatic rings. The molecular weight excluding hydrogens is 467 g/mol. The lowest BCUT2D eigenvalue weighted by molar-refractivity contribution is 0.340. The van der Waals surface area contributed by atoms with Gasteiger partial charge in [-0.2, -0.15) is 5.10 Å². The highest BCUT2D eigenvalue weighted by molar-refractivity contribution is 9.10. The maximum atomic E-state index is 14.0. The van der Waals surface area contributed by atoms with Gasteiger partial charge in [-0.25, -0.2) is 4.39 Å². The molecule has 0 saturated heterocycles. The molecule has 0 spiro atoms. The summed E-state index contributed by atoms with van der Waals surface area (Å²) in [5, 5.41) is 11.2. The third-order valence-corrected chi connectivity index (χ3v) is 4.89. The highest BCUT2D eigenvalue weighted by Crippen LogP contribution is 2.24. The first-order valence-corrected chi connectivity index (χ1v) is 10.0. The number of rotatable bonds is 6. The Morgan fingerprint density at radius 1 is 1.25 bits per heavy atom. The lowest BCUT2D eigenvalue weighted by Crippen LogP contribution is -2.19. The Kier molecular flexibility index (Phi) is 6.88. The summed E-state index contributed by atoms with van der Waals surface area (Å²) in [6.45, 7) is 2.74. The van der Waals surface area contributed by atoms with Gasteiger partial charge in [0.15, 0.2) is 10.9 Å². The molecule has 9 heteroatoms. The molecule has 0 atom stereocenters. The number of anilines is 2. The Morgan fingerprint density at radius 2 is 2.00 bits per heavy atom. The maximum Gasteiger partial charge on any atom is 0.176 e. The summed E-state index contributed by atoms with van der Waals surface area (Å²) in [5.74, 6) is 0.928. The van der Waals surface area contributed by atoms with E-state index >= 15 is 0 Å². The fourth-order valence-electron chi connectivity index (χ4n) is 2.48. The van der Waals surface area contributed by atoms with Crippen LogP contribution in [0.25, 0.3) is 0 Å². The van der Waals surface area contributed by atoms with Crippen molar-refractivity contribution in [1.82, 2.24) is 9.78 Å². The van der Waals surface area contributed by atoms with Crippen molar-refractivity contribution in [2.45, 2.75) is 13.5 Å². The second kappa shape index (κ2) is 9.36. The minimum Gasteiger partial charge on any atom is -0.494 e. The van der Waals surface area contributed by atoms with Gasteiger partial charge in [0.05, 0.1) is 17.6 Å². The number of thiocarbonyl (C=S) groups is 1. The average molecular weight is 484 g/mol. The van der Waals surface area contributed by atoms with Gasteiger partial charge < -0.3 is 15.4 Å². The summed E-state index contributed by atoms with van der Waals surface area (Å²) in [7, 11) is 0. The fourth-order valence-corrected chi connectivity index (χ4v) is 3.33. The molecule has 2 N–H and O–H groups in total. The van der Waals surface area contributed by atoms with Crippen LogP contribution < -0.4 is 15.4 Å². The van der Waals surface area contributed by atoms with Gasteiger partial charge in [-0.1, -0.05) is 17.7 Å². The molecule has 3 rings (SSSR count). The molecule has 0 aliphatic carbocycles. The molecule has 0 radical (unpaired) electrons. The van der Waals surface area contributed by atoms with Crippen molar-refractivity contribution in [3.8, 4) is 5.75 Å². The standard InChI is InChI=1S/C19H17BrClFN4OS/c1-2-27-13-8-6-12(7-9-13)23-19(28)24-18-15(20)11-26(25-18)10-14-16(21)4-3-5-17(14)22/h3-9,11H,2,10H2,1H3,(H2,23,24,25,28). The maximum absolute atomic E-state index is 14.0. The smallest absolute Gasteiger partial charge is 0.176 e. The topological polar surface area (TPSA) is 51.1 Å². The van der Waals surface area contributed by atoms with E-state index in [4.69, 9.17) is 28.6 Å². The van der Waals surface area contributed by atoms with Crippen molar-refractivity contribution >= 4 is 56.4 Å². The van der Waals surface area contributed by atoms with E-state index in [1.807, 2.05) is 31.2 Å². The first kappa shape index (κ1) is 20.6. The van der Waals surface area contributed by atoms with Crippen molar-refractivity contribution in [1.29, 1.82) is 0 Å². The molecule has 0 bridgehead atoms. The molecule has 0 aliphatic rings. The number of halogens is 3. The number of nitrogens with zero attached hydrogens (tertiary/aromatic N) is 2. The van der Waals surface area contributed by atoms with Gasteiger partial charge in [0.2, 0.25) is 0 Å². The zero-order chi connectivity index (χ0) is 20.1. The third kappa shape index (κ3) is 5.21. The van der Waals surface area contributed by atoms with Crippen LogP contribution in [0.15, 0.2) is 53.1 Å². The Balaban J connectivity index is 1.65. The lowest BCUT2D eigenvalue weighted by Gasteiger charge is -2.10. The van der Waals surface area contributed by atoms with E-state index in [0.29, 0.717) is 32.6 Å². The summed E-state index contributed by atoms with van der Waals surface area (Å²) < 4.78 is 21.7. The van der Waals surface area contributed by atoms with Gasteiger partial charge in [-0.15, -0.1) is 0 Å². The van der Waals surface area contributed by atoms with Gasteiger partial charge in [0, 0.05) is 22.5 Å². The largest absolute Gasteiger partial charge is 0.494 e. The molecule has 0 unspecified atom stereocenters. The van der Waals surface area contributed by atoms with Crippen molar-refractivity contribution in [2.75, 3.05) is 17.2 Å². The number of hydrogen-bond donors (Lipinski definition) is 2. The number of benzene rings is 2. The highest BCUT2D eigenvalue weighted by atomic mass is 79.9. The second-order valence-corrected chi connectivity index (χ2v) is 7.43. The molecule has 0 fully saturated rings. The van der Waals surface area contributed by atoms with Crippen LogP contribution in [0.2, 0.25) is 5.02 Å². The first-order valence-electron chi connectivity index (χ1n) is 8.43. The van der Waals surface area contributed by atoms with Crippen LogP contribution >= 0.6 is 39.7 Å².